The van der Waals surface area contributed by atoms with Gasteiger partial charge in [-0.3, -0.25) is 4.79 Å². The number of hydrogen-bond acceptors (Lipinski definition) is 5. The minimum absolute atomic E-state index is 0.152. The number of carbonyl (C=O) groups excluding carboxylic acids is 1. The number of nitrogens with zero attached hydrogens (tertiary/aromatic N) is 4. The van der Waals surface area contributed by atoms with Crippen molar-refractivity contribution in [2.75, 3.05) is 32.7 Å². The zero-order valence-corrected chi connectivity index (χ0v) is 15.8. The third-order valence-electron chi connectivity index (χ3n) is 7.11. The molecule has 0 N–H and O–H groups in total. The summed E-state index contributed by atoms with van der Waals surface area (Å²) in [5.41, 5.74) is -0.152. The predicted molar refractivity (Wildman–Crippen MR) is 96.5 cm³/mol. The second-order valence-electron chi connectivity index (χ2n) is 9.19. The van der Waals surface area contributed by atoms with E-state index in [0.717, 1.165) is 50.8 Å². The number of carbonyl (C=O) groups is 1. The highest BCUT2D eigenvalue weighted by Crippen LogP contribution is 2.46. The van der Waals surface area contributed by atoms with E-state index in [0.29, 0.717) is 17.6 Å². The minimum Gasteiger partial charge on any atom is -0.341 e. The van der Waals surface area contributed by atoms with Crippen molar-refractivity contribution in [3.8, 4) is 0 Å². The first kappa shape index (κ1) is 16.7. The molecule has 1 amide bonds. The Kier molecular flexibility index (Phi) is 4.07. The van der Waals surface area contributed by atoms with Crippen LogP contribution in [0.1, 0.15) is 56.7 Å². The third-order valence-corrected chi connectivity index (χ3v) is 7.11. The predicted octanol–water partition coefficient (Wildman–Crippen LogP) is 2.38. The van der Waals surface area contributed by atoms with Crippen LogP contribution in [0.4, 0.5) is 0 Å². The van der Waals surface area contributed by atoms with E-state index < -0.39 is 0 Å². The Hall–Kier alpha value is -1.43. The number of hydrogen-bond donors (Lipinski definition) is 0. The van der Waals surface area contributed by atoms with Crippen molar-refractivity contribution in [3.63, 3.8) is 0 Å². The van der Waals surface area contributed by atoms with Crippen LogP contribution in [0.2, 0.25) is 0 Å². The summed E-state index contributed by atoms with van der Waals surface area (Å²) >= 11 is 0. The molecule has 2 aliphatic heterocycles. The zero-order valence-electron chi connectivity index (χ0n) is 15.8. The van der Waals surface area contributed by atoms with Gasteiger partial charge < -0.3 is 14.3 Å². The van der Waals surface area contributed by atoms with Crippen LogP contribution in [0.5, 0.6) is 0 Å². The van der Waals surface area contributed by atoms with Crippen LogP contribution in [0.25, 0.3) is 0 Å². The molecule has 3 heterocycles. The minimum atomic E-state index is -0.152. The van der Waals surface area contributed by atoms with Gasteiger partial charge in [0.2, 0.25) is 11.8 Å². The number of fused-ring (bicyclic) bond motifs is 1. The topological polar surface area (TPSA) is 62.5 Å². The van der Waals surface area contributed by atoms with E-state index in [1.807, 2.05) is 6.92 Å². The van der Waals surface area contributed by atoms with Gasteiger partial charge in [-0.05, 0) is 38.5 Å². The number of likely N-dealkylation sites (tertiary alicyclic amines) is 2. The van der Waals surface area contributed by atoms with Crippen LogP contribution in [0, 0.1) is 24.7 Å². The average molecular weight is 358 g/mol. The first-order chi connectivity index (χ1) is 12.6. The number of rotatable bonds is 4. The summed E-state index contributed by atoms with van der Waals surface area (Å²) in [5, 5.41) is 4.07. The van der Waals surface area contributed by atoms with Crippen LogP contribution in [-0.2, 0) is 10.2 Å². The highest BCUT2D eigenvalue weighted by atomic mass is 16.5. The fraction of sp³-hybridized carbons (Fsp3) is 0.850. The van der Waals surface area contributed by atoms with E-state index in [2.05, 4.69) is 19.9 Å². The smallest absolute Gasteiger partial charge is 0.236 e. The first-order valence-electron chi connectivity index (χ1n) is 10.5. The lowest BCUT2D eigenvalue weighted by Crippen LogP contribution is -2.41. The largest absolute Gasteiger partial charge is 0.341 e. The van der Waals surface area contributed by atoms with Gasteiger partial charge >= 0.3 is 0 Å². The van der Waals surface area contributed by atoms with Crippen LogP contribution in [0.15, 0.2) is 4.52 Å². The third kappa shape index (κ3) is 2.86. The summed E-state index contributed by atoms with van der Waals surface area (Å²) in [6.07, 6.45) is 9.07. The molecule has 0 aromatic carbocycles. The maximum absolute atomic E-state index is 12.7. The molecule has 0 bridgehead atoms. The van der Waals surface area contributed by atoms with Crippen molar-refractivity contribution in [2.45, 2.75) is 57.3 Å². The van der Waals surface area contributed by atoms with Gasteiger partial charge in [0.1, 0.15) is 0 Å². The summed E-state index contributed by atoms with van der Waals surface area (Å²) in [6.45, 7) is 6.72. The summed E-state index contributed by atoms with van der Waals surface area (Å²) in [4.78, 5) is 22.0. The molecular weight excluding hydrogens is 328 g/mol. The maximum Gasteiger partial charge on any atom is 0.236 e. The quantitative estimate of drug-likeness (QED) is 0.827. The molecule has 2 saturated carbocycles. The van der Waals surface area contributed by atoms with E-state index in [-0.39, 0.29) is 11.3 Å². The monoisotopic (exact) mass is 358 g/mol. The highest BCUT2D eigenvalue weighted by molar-refractivity contribution is 5.81. The SMILES string of the molecule is Cc1noc([C@]23CN(CC4CCCCC4)C[C@H]2CN(C(=O)C2CC2)C3)n1. The molecule has 5 rings (SSSR count). The van der Waals surface area contributed by atoms with E-state index in [1.54, 1.807) is 0 Å². The van der Waals surface area contributed by atoms with Crippen molar-refractivity contribution in [2.24, 2.45) is 17.8 Å². The number of aromatic nitrogens is 2. The zero-order chi connectivity index (χ0) is 17.7. The summed E-state index contributed by atoms with van der Waals surface area (Å²) < 4.78 is 5.67. The van der Waals surface area contributed by atoms with Gasteiger partial charge in [0.25, 0.3) is 0 Å². The fourth-order valence-corrected chi connectivity index (χ4v) is 5.60. The highest BCUT2D eigenvalue weighted by Gasteiger charge is 2.58. The van der Waals surface area contributed by atoms with Gasteiger partial charge in [0.15, 0.2) is 5.82 Å². The van der Waals surface area contributed by atoms with Crippen molar-refractivity contribution >= 4 is 5.91 Å². The molecule has 4 aliphatic rings. The van der Waals surface area contributed by atoms with Gasteiger partial charge in [-0.1, -0.05) is 24.4 Å². The molecular formula is C20H30N4O2. The van der Waals surface area contributed by atoms with Crippen LogP contribution in [0.3, 0.4) is 0 Å². The van der Waals surface area contributed by atoms with Crippen molar-refractivity contribution < 1.29 is 9.32 Å². The van der Waals surface area contributed by atoms with E-state index >= 15 is 0 Å². The second kappa shape index (κ2) is 6.32. The molecule has 6 heteroatoms. The molecule has 2 atom stereocenters. The fourth-order valence-electron chi connectivity index (χ4n) is 5.60. The summed E-state index contributed by atoms with van der Waals surface area (Å²) in [5.74, 6) is 3.37. The summed E-state index contributed by atoms with van der Waals surface area (Å²) in [7, 11) is 0. The second-order valence-corrected chi connectivity index (χ2v) is 9.19. The van der Waals surface area contributed by atoms with Gasteiger partial charge in [0.05, 0.1) is 5.41 Å². The molecule has 6 nitrogen and oxygen atoms in total. The lowest BCUT2D eigenvalue weighted by molar-refractivity contribution is -0.132. The van der Waals surface area contributed by atoms with Gasteiger partial charge in [-0.25, -0.2) is 0 Å². The van der Waals surface area contributed by atoms with E-state index in [9.17, 15) is 4.79 Å². The number of amides is 1. The van der Waals surface area contributed by atoms with Gasteiger partial charge in [-0.15, -0.1) is 0 Å². The van der Waals surface area contributed by atoms with Crippen molar-refractivity contribution in [3.05, 3.63) is 11.7 Å². The van der Waals surface area contributed by atoms with Gasteiger partial charge in [-0.2, -0.15) is 4.98 Å². The maximum atomic E-state index is 12.7. The molecule has 2 saturated heterocycles. The van der Waals surface area contributed by atoms with Crippen LogP contribution in [-0.4, -0.2) is 58.6 Å². The Labute approximate surface area is 155 Å². The van der Waals surface area contributed by atoms with Crippen molar-refractivity contribution in [1.29, 1.82) is 0 Å². The number of aryl methyl sites for hydroxylation is 1. The molecule has 2 aliphatic carbocycles. The Balaban J connectivity index is 1.35. The van der Waals surface area contributed by atoms with E-state index in [1.165, 1.54) is 38.6 Å². The Bertz CT molecular complexity index is 679. The average Bonchev–Trinajstić information content (AvgIpc) is 3.16. The van der Waals surface area contributed by atoms with E-state index in [4.69, 9.17) is 4.52 Å². The molecule has 0 unspecified atom stereocenters. The molecule has 0 radical (unpaired) electrons. The van der Waals surface area contributed by atoms with Crippen LogP contribution < -0.4 is 0 Å². The molecule has 4 fully saturated rings. The normalized spacial score (nSPS) is 33.0. The van der Waals surface area contributed by atoms with Crippen molar-refractivity contribution in [1.82, 2.24) is 19.9 Å². The Morgan fingerprint density at radius 3 is 2.65 bits per heavy atom. The molecule has 0 spiro atoms. The summed E-state index contributed by atoms with van der Waals surface area (Å²) in [6, 6.07) is 0. The lowest BCUT2D eigenvalue weighted by Gasteiger charge is -2.29. The molecule has 26 heavy (non-hydrogen) atoms. The molecule has 1 aromatic heterocycles. The Morgan fingerprint density at radius 1 is 1.15 bits per heavy atom. The lowest BCUT2D eigenvalue weighted by atomic mass is 9.81. The molecule has 1 aromatic rings. The van der Waals surface area contributed by atoms with Crippen LogP contribution >= 0.6 is 0 Å². The molecule has 142 valence electrons. The standard InChI is InChI=1S/C20H30N4O2/c1-14-21-19(26-22-14)20-12-23(9-15-5-3-2-4-6-15)10-17(20)11-24(13-20)18(25)16-7-8-16/h15-17H,2-13H2,1H3/t17-,20-/m0/s1. The Morgan fingerprint density at radius 2 is 1.96 bits per heavy atom. The van der Waals surface area contributed by atoms with Gasteiger partial charge in [0, 0.05) is 44.6 Å². The first-order valence-corrected chi connectivity index (χ1v) is 10.5.